The number of carbonyl (C=O) groups excluding carboxylic acids is 1. The molecule has 3 aromatic heterocycles. The molecular formula is C15H17N7O. The molecule has 3 N–H and O–H groups in total. The Kier molecular flexibility index (Phi) is 3.14. The van der Waals surface area contributed by atoms with Crippen LogP contribution in [0.5, 0.6) is 0 Å². The maximum Gasteiger partial charge on any atom is 0.256 e. The molecule has 1 amide bonds. The quantitative estimate of drug-likeness (QED) is 0.633. The molecule has 0 saturated heterocycles. The van der Waals surface area contributed by atoms with E-state index in [9.17, 15) is 4.79 Å². The first kappa shape index (κ1) is 13.6. The van der Waals surface area contributed by atoms with Gasteiger partial charge in [0.1, 0.15) is 17.2 Å². The van der Waals surface area contributed by atoms with Gasteiger partial charge in [-0.25, -0.2) is 4.98 Å². The van der Waals surface area contributed by atoms with Crippen LogP contribution in [0.2, 0.25) is 0 Å². The summed E-state index contributed by atoms with van der Waals surface area (Å²) in [6, 6.07) is 3.87. The Bertz CT molecular complexity index is 879. The van der Waals surface area contributed by atoms with Crippen LogP contribution >= 0.6 is 0 Å². The summed E-state index contributed by atoms with van der Waals surface area (Å²) in [7, 11) is 1.81. The van der Waals surface area contributed by atoms with Gasteiger partial charge in [-0.1, -0.05) is 0 Å². The van der Waals surface area contributed by atoms with Gasteiger partial charge in [0.05, 0.1) is 11.9 Å². The maximum atomic E-state index is 12.4. The first-order valence-electron chi connectivity index (χ1n) is 7.52. The van der Waals surface area contributed by atoms with E-state index in [0.717, 1.165) is 24.5 Å². The molecule has 0 aliphatic carbocycles. The van der Waals surface area contributed by atoms with E-state index in [-0.39, 0.29) is 5.91 Å². The Morgan fingerprint density at radius 2 is 2.30 bits per heavy atom. The van der Waals surface area contributed by atoms with Gasteiger partial charge in [0.15, 0.2) is 5.65 Å². The molecule has 0 atom stereocenters. The smallest absolute Gasteiger partial charge is 0.256 e. The molecule has 0 unspecified atom stereocenters. The topological polar surface area (TPSA) is 88.3 Å². The molecule has 4 heterocycles. The van der Waals surface area contributed by atoms with Crippen molar-refractivity contribution in [2.75, 3.05) is 24.2 Å². The summed E-state index contributed by atoms with van der Waals surface area (Å²) in [6.07, 6.45) is 6.45. The zero-order valence-corrected chi connectivity index (χ0v) is 12.7. The molecule has 4 bridgehead atoms. The SMILES string of the molecule is CNc1cc2nc3c(cnn13)C(=O)NCCCn1ccc(c1)N2. The number of fused-ring (bicyclic) bond motifs is 3. The molecule has 0 spiro atoms. The van der Waals surface area contributed by atoms with Gasteiger partial charge in [0.25, 0.3) is 5.91 Å². The Morgan fingerprint density at radius 1 is 1.39 bits per heavy atom. The second-order valence-electron chi connectivity index (χ2n) is 5.44. The van der Waals surface area contributed by atoms with Crippen LogP contribution in [0.1, 0.15) is 16.8 Å². The third-order valence-corrected chi connectivity index (χ3v) is 3.87. The summed E-state index contributed by atoms with van der Waals surface area (Å²) in [6.45, 7) is 1.45. The maximum absolute atomic E-state index is 12.4. The normalized spacial score (nSPS) is 14.6. The minimum atomic E-state index is -0.154. The lowest BCUT2D eigenvalue weighted by molar-refractivity contribution is 0.0954. The number of hydrogen-bond donors (Lipinski definition) is 3. The van der Waals surface area contributed by atoms with Gasteiger partial charge in [-0.15, -0.1) is 0 Å². The van der Waals surface area contributed by atoms with Crippen molar-refractivity contribution in [3.63, 3.8) is 0 Å². The summed E-state index contributed by atoms with van der Waals surface area (Å²) in [5.41, 5.74) is 1.96. The lowest BCUT2D eigenvalue weighted by atomic mass is 10.3. The van der Waals surface area contributed by atoms with Crippen LogP contribution in [0.25, 0.3) is 5.65 Å². The Labute approximate surface area is 132 Å². The summed E-state index contributed by atoms with van der Waals surface area (Å²) in [5, 5.41) is 13.6. The highest BCUT2D eigenvalue weighted by molar-refractivity contribution is 6.00. The van der Waals surface area contributed by atoms with E-state index in [1.807, 2.05) is 31.6 Å². The standard InChI is InChI=1S/C15H17N7O/c1-16-13-7-12-19-10-3-6-21(9-10)5-2-4-17-15(23)11-8-18-22(13)14(11)20-12/h3,6-9,16H,2,4-5H2,1H3,(H,17,23)(H,19,20). The third kappa shape index (κ3) is 2.37. The Hall–Kier alpha value is -3.03. The van der Waals surface area contributed by atoms with Crippen LogP contribution in [0.4, 0.5) is 17.3 Å². The highest BCUT2D eigenvalue weighted by Crippen LogP contribution is 2.22. The van der Waals surface area contributed by atoms with Gasteiger partial charge >= 0.3 is 0 Å². The number of aryl methyl sites for hydroxylation is 1. The zero-order valence-electron chi connectivity index (χ0n) is 12.7. The molecule has 1 aliphatic heterocycles. The molecule has 0 aromatic carbocycles. The van der Waals surface area contributed by atoms with Gasteiger partial charge in [0.2, 0.25) is 0 Å². The largest absolute Gasteiger partial charge is 0.373 e. The lowest BCUT2D eigenvalue weighted by Crippen LogP contribution is -2.25. The van der Waals surface area contributed by atoms with E-state index in [0.29, 0.717) is 23.6 Å². The van der Waals surface area contributed by atoms with Crippen LogP contribution in [0.15, 0.2) is 30.7 Å². The molecule has 8 nitrogen and oxygen atoms in total. The van der Waals surface area contributed by atoms with Gasteiger partial charge in [-0.05, 0) is 12.5 Å². The van der Waals surface area contributed by atoms with Crippen LogP contribution < -0.4 is 16.0 Å². The predicted molar refractivity (Wildman–Crippen MR) is 87.2 cm³/mol. The third-order valence-electron chi connectivity index (χ3n) is 3.87. The van der Waals surface area contributed by atoms with Gasteiger partial charge in [0, 0.05) is 38.6 Å². The number of hydrogen-bond acceptors (Lipinski definition) is 5. The first-order chi connectivity index (χ1) is 11.2. The van der Waals surface area contributed by atoms with Crippen LogP contribution in [-0.4, -0.2) is 38.7 Å². The average Bonchev–Trinajstić information content (AvgIpc) is 3.17. The van der Waals surface area contributed by atoms with Crippen LogP contribution in [-0.2, 0) is 6.54 Å². The molecule has 0 radical (unpaired) electrons. The van der Waals surface area contributed by atoms with E-state index in [1.165, 1.54) is 0 Å². The van der Waals surface area contributed by atoms with Gasteiger partial charge in [-0.3, -0.25) is 4.79 Å². The Balaban J connectivity index is 1.88. The molecule has 0 fully saturated rings. The highest BCUT2D eigenvalue weighted by atomic mass is 16.1. The average molecular weight is 311 g/mol. The van der Waals surface area contributed by atoms with Gasteiger partial charge < -0.3 is 20.5 Å². The van der Waals surface area contributed by atoms with Crippen molar-refractivity contribution < 1.29 is 4.79 Å². The first-order valence-corrected chi connectivity index (χ1v) is 7.52. The second kappa shape index (κ2) is 5.31. The van der Waals surface area contributed by atoms with Crippen molar-refractivity contribution in [1.82, 2.24) is 24.5 Å². The summed E-state index contributed by atoms with van der Waals surface area (Å²) >= 11 is 0. The Morgan fingerprint density at radius 3 is 3.17 bits per heavy atom. The number of nitrogens with zero attached hydrogens (tertiary/aromatic N) is 4. The second-order valence-corrected chi connectivity index (χ2v) is 5.44. The summed E-state index contributed by atoms with van der Waals surface area (Å²) in [5.74, 6) is 1.26. The van der Waals surface area contributed by atoms with Crippen molar-refractivity contribution in [2.24, 2.45) is 0 Å². The van der Waals surface area contributed by atoms with E-state index in [2.05, 4.69) is 30.6 Å². The molecule has 3 aromatic rings. The fraction of sp³-hybridized carbons (Fsp3) is 0.267. The molecule has 1 aliphatic rings. The number of anilines is 3. The zero-order chi connectivity index (χ0) is 15.8. The van der Waals surface area contributed by atoms with Crippen molar-refractivity contribution in [1.29, 1.82) is 0 Å². The molecule has 118 valence electrons. The van der Waals surface area contributed by atoms with Crippen molar-refractivity contribution in [2.45, 2.75) is 13.0 Å². The predicted octanol–water partition coefficient (Wildman–Crippen LogP) is 1.45. The van der Waals surface area contributed by atoms with E-state index >= 15 is 0 Å². The lowest BCUT2D eigenvalue weighted by Gasteiger charge is -2.09. The van der Waals surface area contributed by atoms with Crippen LogP contribution in [0.3, 0.4) is 0 Å². The van der Waals surface area contributed by atoms with Crippen molar-refractivity contribution in [3.8, 4) is 0 Å². The minimum Gasteiger partial charge on any atom is -0.373 e. The highest BCUT2D eigenvalue weighted by Gasteiger charge is 2.17. The van der Waals surface area contributed by atoms with E-state index < -0.39 is 0 Å². The minimum absolute atomic E-state index is 0.154. The molecule has 0 saturated carbocycles. The van der Waals surface area contributed by atoms with E-state index in [4.69, 9.17) is 0 Å². The van der Waals surface area contributed by atoms with Crippen molar-refractivity contribution in [3.05, 3.63) is 36.3 Å². The fourth-order valence-electron chi connectivity index (χ4n) is 2.73. The number of rotatable bonds is 1. The van der Waals surface area contributed by atoms with Crippen LogP contribution in [0, 0.1) is 0 Å². The van der Waals surface area contributed by atoms with Crippen molar-refractivity contribution >= 4 is 28.9 Å². The number of amides is 1. The number of carbonyl (C=O) groups is 1. The molecule has 8 heteroatoms. The molecular weight excluding hydrogens is 294 g/mol. The molecule has 4 rings (SSSR count). The monoisotopic (exact) mass is 311 g/mol. The van der Waals surface area contributed by atoms with E-state index in [1.54, 1.807) is 10.7 Å². The summed E-state index contributed by atoms with van der Waals surface area (Å²) in [4.78, 5) is 16.9. The summed E-state index contributed by atoms with van der Waals surface area (Å²) < 4.78 is 3.72. The molecule has 23 heavy (non-hydrogen) atoms. The number of aromatic nitrogens is 4. The fourth-order valence-corrected chi connectivity index (χ4v) is 2.73. The number of nitrogens with one attached hydrogen (secondary N) is 3. The van der Waals surface area contributed by atoms with Gasteiger partial charge in [-0.2, -0.15) is 9.61 Å².